The predicted molar refractivity (Wildman–Crippen MR) is 97.5 cm³/mol. The second-order valence-electron chi connectivity index (χ2n) is 7.88. The fourth-order valence-electron chi connectivity index (χ4n) is 3.76. The van der Waals surface area contributed by atoms with Crippen LogP contribution in [-0.4, -0.2) is 44.7 Å². The van der Waals surface area contributed by atoms with Gasteiger partial charge in [-0.15, -0.1) is 0 Å². The summed E-state index contributed by atoms with van der Waals surface area (Å²) in [6.45, 7) is 9.33. The van der Waals surface area contributed by atoms with Gasteiger partial charge in [-0.25, -0.2) is 4.98 Å². The van der Waals surface area contributed by atoms with E-state index in [2.05, 4.69) is 23.9 Å². The summed E-state index contributed by atoms with van der Waals surface area (Å²) in [6, 6.07) is 0.112. The second-order valence-corrected chi connectivity index (χ2v) is 7.88. The number of carbonyl (C=O) groups is 1. The van der Waals surface area contributed by atoms with E-state index in [0.29, 0.717) is 24.1 Å². The molecule has 1 saturated heterocycles. The Morgan fingerprint density at radius 3 is 2.72 bits per heavy atom. The number of H-pyrrole nitrogens is 1. The van der Waals surface area contributed by atoms with Gasteiger partial charge in [0.05, 0.1) is 11.8 Å². The predicted octanol–water partition coefficient (Wildman–Crippen LogP) is 1.01. The average molecular weight is 345 g/mol. The number of rotatable bonds is 2. The van der Waals surface area contributed by atoms with Crippen LogP contribution in [0.5, 0.6) is 0 Å². The summed E-state index contributed by atoms with van der Waals surface area (Å²) in [6.07, 6.45) is 1.08. The summed E-state index contributed by atoms with van der Waals surface area (Å²) < 4.78 is 1.62. The third kappa shape index (κ3) is 2.97. The van der Waals surface area contributed by atoms with Crippen LogP contribution in [0.2, 0.25) is 0 Å². The van der Waals surface area contributed by atoms with Gasteiger partial charge >= 0.3 is 0 Å². The van der Waals surface area contributed by atoms with Crippen molar-refractivity contribution in [2.75, 3.05) is 13.1 Å². The Labute approximate surface area is 147 Å². The molecule has 3 rings (SSSR count). The summed E-state index contributed by atoms with van der Waals surface area (Å²) in [5, 5.41) is 3.30. The number of pyridine rings is 1. The van der Waals surface area contributed by atoms with Gasteiger partial charge in [0.1, 0.15) is 0 Å². The molecule has 0 aromatic carbocycles. The van der Waals surface area contributed by atoms with E-state index >= 15 is 0 Å². The first-order valence-corrected chi connectivity index (χ1v) is 8.70. The number of likely N-dealkylation sites (tertiary alicyclic amines) is 1. The Morgan fingerprint density at radius 2 is 2.08 bits per heavy atom. The first kappa shape index (κ1) is 17.7. The maximum absolute atomic E-state index is 12.9. The van der Waals surface area contributed by atoms with Crippen molar-refractivity contribution in [3.05, 3.63) is 27.2 Å². The van der Waals surface area contributed by atoms with E-state index in [1.54, 1.807) is 11.7 Å². The zero-order chi connectivity index (χ0) is 18.5. The van der Waals surface area contributed by atoms with Crippen molar-refractivity contribution in [2.45, 2.75) is 46.6 Å². The monoisotopic (exact) mass is 345 g/mol. The summed E-state index contributed by atoms with van der Waals surface area (Å²) in [4.78, 5) is 31.5. The molecule has 1 amide bonds. The van der Waals surface area contributed by atoms with Crippen LogP contribution in [-0.2, 0) is 18.3 Å². The van der Waals surface area contributed by atoms with Crippen LogP contribution < -0.4 is 11.3 Å². The molecular weight excluding hydrogens is 318 g/mol. The fourth-order valence-corrected chi connectivity index (χ4v) is 3.76. The molecule has 0 bridgehead atoms. The summed E-state index contributed by atoms with van der Waals surface area (Å²) >= 11 is 0. The van der Waals surface area contributed by atoms with E-state index in [1.807, 2.05) is 18.7 Å². The maximum atomic E-state index is 12.9. The molecule has 7 nitrogen and oxygen atoms in total. The van der Waals surface area contributed by atoms with E-state index in [4.69, 9.17) is 5.73 Å². The van der Waals surface area contributed by atoms with Crippen molar-refractivity contribution in [1.29, 1.82) is 0 Å². The number of nitrogens with one attached hydrogen (secondary N) is 1. The third-order valence-electron chi connectivity index (χ3n) is 5.57. The quantitative estimate of drug-likeness (QED) is 0.849. The summed E-state index contributed by atoms with van der Waals surface area (Å²) in [7, 11) is 1.76. The Hall–Kier alpha value is -2.15. The number of hydrogen-bond donors (Lipinski definition) is 2. The highest BCUT2D eigenvalue weighted by molar-refractivity contribution is 5.84. The summed E-state index contributed by atoms with van der Waals surface area (Å²) in [5.74, 6) is 0.0692. The molecule has 1 aliphatic rings. The molecule has 2 aromatic heterocycles. The first-order chi connectivity index (χ1) is 11.6. The largest absolute Gasteiger partial charge is 0.342 e. The molecule has 2 aromatic rings. The van der Waals surface area contributed by atoms with Crippen molar-refractivity contribution in [2.24, 2.45) is 18.2 Å². The number of piperidine rings is 1. The van der Waals surface area contributed by atoms with Gasteiger partial charge in [-0.05, 0) is 36.8 Å². The van der Waals surface area contributed by atoms with Crippen LogP contribution in [0.15, 0.2) is 4.79 Å². The fraction of sp³-hybridized carbons (Fsp3) is 0.611. The Balaban J connectivity index is 1.92. The van der Waals surface area contributed by atoms with Crippen LogP contribution in [0.3, 0.4) is 0 Å². The van der Waals surface area contributed by atoms with E-state index < -0.39 is 0 Å². The highest BCUT2D eigenvalue weighted by Crippen LogP contribution is 2.28. The minimum atomic E-state index is -0.165. The summed E-state index contributed by atoms with van der Waals surface area (Å²) in [5.41, 5.74) is 9.02. The zero-order valence-corrected chi connectivity index (χ0v) is 15.6. The van der Waals surface area contributed by atoms with Gasteiger partial charge in [-0.1, -0.05) is 13.8 Å². The first-order valence-electron chi connectivity index (χ1n) is 8.70. The minimum Gasteiger partial charge on any atom is -0.342 e. The third-order valence-corrected chi connectivity index (χ3v) is 5.57. The normalized spacial score (nSPS) is 20.2. The van der Waals surface area contributed by atoms with Gasteiger partial charge in [0.25, 0.3) is 5.56 Å². The van der Waals surface area contributed by atoms with E-state index in [1.165, 1.54) is 0 Å². The van der Waals surface area contributed by atoms with Crippen molar-refractivity contribution < 1.29 is 4.79 Å². The minimum absolute atomic E-state index is 0.0692. The van der Waals surface area contributed by atoms with Gasteiger partial charge < -0.3 is 10.6 Å². The number of hydrogen-bond acceptors (Lipinski definition) is 4. The molecule has 3 N–H and O–H groups in total. The highest BCUT2D eigenvalue weighted by atomic mass is 16.2. The van der Waals surface area contributed by atoms with Crippen LogP contribution in [0.25, 0.3) is 11.0 Å². The lowest BCUT2D eigenvalue weighted by Gasteiger charge is -2.42. The Morgan fingerprint density at radius 1 is 1.40 bits per heavy atom. The maximum Gasteiger partial charge on any atom is 0.273 e. The van der Waals surface area contributed by atoms with Crippen molar-refractivity contribution in [1.82, 2.24) is 19.7 Å². The lowest BCUT2D eigenvalue weighted by molar-refractivity contribution is -0.133. The van der Waals surface area contributed by atoms with Gasteiger partial charge in [-0.2, -0.15) is 0 Å². The van der Waals surface area contributed by atoms with Crippen molar-refractivity contribution >= 4 is 16.9 Å². The molecule has 7 heteroatoms. The van der Waals surface area contributed by atoms with Crippen LogP contribution >= 0.6 is 0 Å². The van der Waals surface area contributed by atoms with Crippen LogP contribution in [0.1, 0.15) is 37.1 Å². The van der Waals surface area contributed by atoms with E-state index in [-0.39, 0.29) is 29.3 Å². The van der Waals surface area contributed by atoms with E-state index in [0.717, 1.165) is 23.2 Å². The van der Waals surface area contributed by atoms with Gasteiger partial charge in [0.2, 0.25) is 5.91 Å². The number of nitrogens with zero attached hydrogens (tertiary/aromatic N) is 3. The zero-order valence-electron chi connectivity index (χ0n) is 15.6. The van der Waals surface area contributed by atoms with E-state index in [9.17, 15) is 9.59 Å². The Bertz CT molecular complexity index is 893. The molecule has 3 heterocycles. The molecule has 0 spiro atoms. The topological polar surface area (TPSA) is 97.0 Å². The number of aromatic nitrogens is 3. The number of aryl methyl sites for hydroxylation is 3. The van der Waals surface area contributed by atoms with Crippen molar-refractivity contribution in [3.63, 3.8) is 0 Å². The molecule has 1 aliphatic heterocycles. The van der Waals surface area contributed by atoms with Crippen LogP contribution in [0.4, 0.5) is 0 Å². The van der Waals surface area contributed by atoms with Gasteiger partial charge in [-0.3, -0.25) is 19.4 Å². The lowest BCUT2D eigenvalue weighted by Crippen LogP contribution is -2.54. The smallest absolute Gasteiger partial charge is 0.273 e. The molecule has 0 aliphatic carbocycles. The number of carbonyl (C=O) groups excluding carboxylic acids is 1. The van der Waals surface area contributed by atoms with Crippen LogP contribution in [0, 0.1) is 19.3 Å². The lowest BCUT2D eigenvalue weighted by atomic mass is 9.79. The molecule has 1 atom stereocenters. The number of fused-ring (bicyclic) bond motifs is 1. The standard InChI is InChI=1S/C18H27N5O2/c1-10-12(11(2)20-16-15(10)17(25)21-22(16)5)8-14(24)23-7-6-13(19)18(3,4)9-23/h13H,6-9,19H2,1-5H3,(H,21,25). The molecule has 136 valence electrons. The molecular formula is C18H27N5O2. The highest BCUT2D eigenvalue weighted by Gasteiger charge is 2.35. The molecule has 0 saturated carbocycles. The molecule has 25 heavy (non-hydrogen) atoms. The van der Waals surface area contributed by atoms with Gasteiger partial charge in [0, 0.05) is 31.9 Å². The molecule has 1 unspecified atom stereocenters. The SMILES string of the molecule is Cc1nc2c(c(C)c1CC(=O)N1CCC(N)C(C)(C)C1)c(=O)[nH]n2C. The molecule has 0 radical (unpaired) electrons. The van der Waals surface area contributed by atoms with Gasteiger partial charge in [0.15, 0.2) is 5.65 Å². The molecule has 1 fully saturated rings. The van der Waals surface area contributed by atoms with Crippen molar-refractivity contribution in [3.8, 4) is 0 Å². The number of nitrogens with two attached hydrogens (primary N) is 1. The average Bonchev–Trinajstić information content (AvgIpc) is 2.80. The number of amides is 1. The Kier molecular flexibility index (Phi) is 4.23. The second kappa shape index (κ2) is 5.98. The number of aromatic amines is 1.